The van der Waals surface area contributed by atoms with Crippen LogP contribution in [-0.4, -0.2) is 41.0 Å². The Balaban J connectivity index is 1.46. The van der Waals surface area contributed by atoms with E-state index in [0.717, 1.165) is 24.1 Å². The highest BCUT2D eigenvalue weighted by atomic mass is 16.3. The lowest BCUT2D eigenvalue weighted by Crippen LogP contribution is -2.14. The summed E-state index contributed by atoms with van der Waals surface area (Å²) in [6.45, 7) is 0. The van der Waals surface area contributed by atoms with Crippen LogP contribution in [0.5, 0.6) is 11.6 Å². The van der Waals surface area contributed by atoms with Gasteiger partial charge in [0.2, 0.25) is 11.8 Å². The van der Waals surface area contributed by atoms with Crippen molar-refractivity contribution in [3.63, 3.8) is 0 Å². The average Bonchev–Trinajstić information content (AvgIpc) is 3.31. The van der Waals surface area contributed by atoms with Crippen LogP contribution in [-0.2, 0) is 6.42 Å². The molecule has 3 aromatic rings. The molecule has 0 saturated heterocycles. The van der Waals surface area contributed by atoms with Crippen LogP contribution < -0.4 is 5.32 Å². The lowest BCUT2D eigenvalue weighted by Gasteiger charge is -2.21. The third kappa shape index (κ3) is 3.68. The van der Waals surface area contributed by atoms with Gasteiger partial charge < -0.3 is 20.2 Å². The SMILES string of the molecule is O=C(Nc1ncc(C2CCCCC2)cn1)c1c(O)[nH]c(Cc2cnc[nH]2)c1O. The van der Waals surface area contributed by atoms with Crippen molar-refractivity contribution in [2.45, 2.75) is 44.4 Å². The molecule has 3 heterocycles. The minimum Gasteiger partial charge on any atom is -0.505 e. The Hall–Kier alpha value is -3.36. The molecule has 1 amide bonds. The smallest absolute Gasteiger partial charge is 0.267 e. The Kier molecular flexibility index (Phi) is 4.96. The molecule has 28 heavy (non-hydrogen) atoms. The molecule has 1 saturated carbocycles. The molecule has 0 radical (unpaired) electrons. The van der Waals surface area contributed by atoms with E-state index in [0.29, 0.717) is 11.6 Å². The number of carbonyl (C=O) groups is 1. The van der Waals surface area contributed by atoms with Gasteiger partial charge in [-0.15, -0.1) is 0 Å². The quantitative estimate of drug-likeness (QED) is 0.460. The summed E-state index contributed by atoms with van der Waals surface area (Å²) in [5.74, 6) is -0.819. The Bertz CT molecular complexity index is 943. The molecule has 5 N–H and O–H groups in total. The molecule has 0 bridgehead atoms. The molecule has 0 atom stereocenters. The van der Waals surface area contributed by atoms with Crippen LogP contribution in [0.3, 0.4) is 0 Å². The number of imidazole rings is 1. The zero-order chi connectivity index (χ0) is 19.5. The first-order valence-corrected chi connectivity index (χ1v) is 9.35. The topological polar surface area (TPSA) is 140 Å². The largest absolute Gasteiger partial charge is 0.505 e. The number of nitrogens with one attached hydrogen (secondary N) is 3. The molecule has 0 aliphatic heterocycles. The van der Waals surface area contributed by atoms with Crippen molar-refractivity contribution in [3.05, 3.63) is 47.4 Å². The Labute approximate surface area is 161 Å². The van der Waals surface area contributed by atoms with E-state index in [2.05, 4.69) is 30.2 Å². The second kappa shape index (κ2) is 7.71. The lowest BCUT2D eigenvalue weighted by atomic mass is 9.85. The first kappa shape index (κ1) is 18.0. The van der Waals surface area contributed by atoms with E-state index in [1.165, 1.54) is 25.6 Å². The fourth-order valence-electron chi connectivity index (χ4n) is 3.66. The standard InChI is InChI=1S/C19H22N6O3/c26-16-14(6-13-9-20-10-23-13)24-17(27)15(16)18(28)25-19-21-7-12(8-22-19)11-4-2-1-3-5-11/h7-11,24,26-27H,1-6H2,(H,20,23)(H,21,22,25,28). The molecular weight excluding hydrogens is 360 g/mol. The van der Waals surface area contributed by atoms with Crippen LogP contribution in [0.25, 0.3) is 0 Å². The number of rotatable bonds is 5. The summed E-state index contributed by atoms with van der Waals surface area (Å²) >= 11 is 0. The monoisotopic (exact) mass is 382 g/mol. The summed E-state index contributed by atoms with van der Waals surface area (Å²) in [6, 6.07) is 0. The van der Waals surface area contributed by atoms with Gasteiger partial charge in [-0.1, -0.05) is 19.3 Å². The summed E-state index contributed by atoms with van der Waals surface area (Å²) in [5, 5.41) is 22.9. The van der Waals surface area contributed by atoms with Gasteiger partial charge in [0.05, 0.1) is 12.0 Å². The Morgan fingerprint density at radius 2 is 1.89 bits per heavy atom. The molecule has 146 valence electrons. The molecule has 3 aromatic heterocycles. The van der Waals surface area contributed by atoms with Crippen molar-refractivity contribution in [1.29, 1.82) is 0 Å². The van der Waals surface area contributed by atoms with Crippen molar-refractivity contribution < 1.29 is 15.0 Å². The van der Waals surface area contributed by atoms with Crippen molar-refractivity contribution >= 4 is 11.9 Å². The molecule has 0 aromatic carbocycles. The fraction of sp³-hybridized carbons (Fsp3) is 0.368. The number of aromatic amines is 2. The maximum Gasteiger partial charge on any atom is 0.267 e. The number of H-pyrrole nitrogens is 2. The van der Waals surface area contributed by atoms with Crippen molar-refractivity contribution in [3.8, 4) is 11.6 Å². The second-order valence-electron chi connectivity index (χ2n) is 7.06. The van der Waals surface area contributed by atoms with Crippen molar-refractivity contribution in [1.82, 2.24) is 24.9 Å². The number of nitrogens with zero attached hydrogens (tertiary/aromatic N) is 3. The van der Waals surface area contributed by atoms with Gasteiger partial charge in [-0.05, 0) is 24.3 Å². The summed E-state index contributed by atoms with van der Waals surface area (Å²) in [7, 11) is 0. The van der Waals surface area contributed by atoms with Crippen LogP contribution in [0.4, 0.5) is 5.95 Å². The third-order valence-electron chi connectivity index (χ3n) is 5.15. The van der Waals surface area contributed by atoms with Crippen molar-refractivity contribution in [2.75, 3.05) is 5.32 Å². The van der Waals surface area contributed by atoms with E-state index in [4.69, 9.17) is 0 Å². The first-order valence-electron chi connectivity index (χ1n) is 9.35. The molecule has 0 unspecified atom stereocenters. The van der Waals surface area contributed by atoms with Crippen molar-refractivity contribution in [2.24, 2.45) is 0 Å². The van der Waals surface area contributed by atoms with Crippen LogP contribution in [0.1, 0.15) is 65.3 Å². The first-order chi connectivity index (χ1) is 13.6. The van der Waals surface area contributed by atoms with Gasteiger partial charge in [-0.2, -0.15) is 0 Å². The van der Waals surface area contributed by atoms with E-state index in [9.17, 15) is 15.0 Å². The van der Waals surface area contributed by atoms with E-state index < -0.39 is 11.8 Å². The number of hydrogen-bond acceptors (Lipinski definition) is 6. The normalized spacial score (nSPS) is 14.9. The molecule has 1 aliphatic carbocycles. The van der Waals surface area contributed by atoms with Crippen LogP contribution >= 0.6 is 0 Å². The predicted molar refractivity (Wildman–Crippen MR) is 101 cm³/mol. The van der Waals surface area contributed by atoms with E-state index >= 15 is 0 Å². The number of aromatic hydroxyl groups is 2. The van der Waals surface area contributed by atoms with Crippen LogP contribution in [0.15, 0.2) is 24.9 Å². The number of amides is 1. The van der Waals surface area contributed by atoms with Gasteiger partial charge >= 0.3 is 0 Å². The molecule has 4 rings (SSSR count). The van der Waals surface area contributed by atoms with Gasteiger partial charge in [0, 0.05) is 30.7 Å². The number of anilines is 1. The fourth-order valence-corrected chi connectivity index (χ4v) is 3.66. The summed E-state index contributed by atoms with van der Waals surface area (Å²) in [4.78, 5) is 30.4. The zero-order valence-corrected chi connectivity index (χ0v) is 15.3. The predicted octanol–water partition coefficient (Wildman–Crippen LogP) is 2.83. The third-order valence-corrected chi connectivity index (χ3v) is 5.15. The molecule has 1 aliphatic rings. The summed E-state index contributed by atoms with van der Waals surface area (Å²) in [6.07, 6.45) is 12.8. The zero-order valence-electron chi connectivity index (χ0n) is 15.3. The van der Waals surface area contributed by atoms with Gasteiger partial charge in [-0.25, -0.2) is 15.0 Å². The molecular formula is C19H22N6O3. The van der Waals surface area contributed by atoms with Gasteiger partial charge in [-0.3, -0.25) is 10.1 Å². The number of aromatic nitrogens is 5. The van der Waals surface area contributed by atoms with E-state index in [1.54, 1.807) is 18.6 Å². The van der Waals surface area contributed by atoms with Gasteiger partial charge in [0.15, 0.2) is 5.75 Å². The summed E-state index contributed by atoms with van der Waals surface area (Å²) in [5.41, 5.74) is 1.87. The maximum absolute atomic E-state index is 12.5. The van der Waals surface area contributed by atoms with Gasteiger partial charge in [0.25, 0.3) is 5.91 Å². The van der Waals surface area contributed by atoms with Crippen LogP contribution in [0.2, 0.25) is 0 Å². The minimum atomic E-state index is -0.687. The number of hydrogen-bond donors (Lipinski definition) is 5. The van der Waals surface area contributed by atoms with Gasteiger partial charge in [0.1, 0.15) is 5.56 Å². The van der Waals surface area contributed by atoms with E-state index in [1.807, 2.05) is 0 Å². The minimum absolute atomic E-state index is 0.125. The average molecular weight is 382 g/mol. The molecule has 9 nitrogen and oxygen atoms in total. The molecule has 0 spiro atoms. The lowest BCUT2D eigenvalue weighted by molar-refractivity contribution is 0.102. The van der Waals surface area contributed by atoms with Crippen LogP contribution in [0, 0.1) is 0 Å². The molecule has 1 fully saturated rings. The van der Waals surface area contributed by atoms with E-state index in [-0.39, 0.29) is 23.7 Å². The number of carbonyl (C=O) groups excluding carboxylic acids is 1. The highest BCUT2D eigenvalue weighted by Crippen LogP contribution is 2.33. The Morgan fingerprint density at radius 1 is 1.14 bits per heavy atom. The maximum atomic E-state index is 12.5. The highest BCUT2D eigenvalue weighted by Gasteiger charge is 2.24. The molecule has 9 heteroatoms. The highest BCUT2D eigenvalue weighted by molar-refractivity contribution is 6.07. The Morgan fingerprint density at radius 3 is 2.57 bits per heavy atom. The summed E-state index contributed by atoms with van der Waals surface area (Å²) < 4.78 is 0. The second-order valence-corrected chi connectivity index (χ2v) is 7.06.